The molecule has 1 heterocycles. The Morgan fingerprint density at radius 1 is 1.05 bits per heavy atom. The van der Waals surface area contributed by atoms with Crippen molar-refractivity contribution >= 4 is 5.91 Å². The van der Waals surface area contributed by atoms with Gasteiger partial charge in [-0.1, -0.05) is 32.1 Å². The first-order valence-corrected chi connectivity index (χ1v) is 8.20. The molecule has 1 saturated heterocycles. The van der Waals surface area contributed by atoms with Gasteiger partial charge in [-0.05, 0) is 44.2 Å². The second kappa shape index (κ2) is 7.88. The number of amides is 1. The first kappa shape index (κ1) is 14.8. The number of piperidine rings is 1. The molecule has 3 heteroatoms. The van der Waals surface area contributed by atoms with Crippen LogP contribution in [0.4, 0.5) is 0 Å². The maximum atomic E-state index is 12.2. The number of nitrogens with one attached hydrogen (secondary N) is 1. The van der Waals surface area contributed by atoms with Gasteiger partial charge < -0.3 is 10.2 Å². The predicted molar refractivity (Wildman–Crippen MR) is 79.0 cm³/mol. The van der Waals surface area contributed by atoms with Gasteiger partial charge in [0.25, 0.3) is 0 Å². The molecule has 0 atom stereocenters. The summed E-state index contributed by atoms with van der Waals surface area (Å²) in [4.78, 5) is 14.2. The van der Waals surface area contributed by atoms with Crippen molar-refractivity contribution in [2.75, 3.05) is 26.7 Å². The van der Waals surface area contributed by atoms with E-state index in [1.165, 1.54) is 44.9 Å². The number of carbonyl (C=O) groups is 1. The molecule has 1 amide bonds. The van der Waals surface area contributed by atoms with Gasteiger partial charge in [0.05, 0.1) is 0 Å². The molecule has 110 valence electrons. The van der Waals surface area contributed by atoms with Crippen LogP contribution in [-0.4, -0.2) is 37.5 Å². The number of hydrogen-bond acceptors (Lipinski definition) is 2. The monoisotopic (exact) mass is 266 g/mol. The highest BCUT2D eigenvalue weighted by molar-refractivity contribution is 5.75. The summed E-state index contributed by atoms with van der Waals surface area (Å²) < 4.78 is 0. The van der Waals surface area contributed by atoms with Gasteiger partial charge in [-0.3, -0.25) is 4.79 Å². The van der Waals surface area contributed by atoms with Crippen LogP contribution in [0.5, 0.6) is 0 Å². The average molecular weight is 266 g/mol. The summed E-state index contributed by atoms with van der Waals surface area (Å²) in [5, 5.41) is 3.38. The zero-order valence-corrected chi connectivity index (χ0v) is 12.5. The average Bonchev–Trinajstić information content (AvgIpc) is 2.47. The van der Waals surface area contributed by atoms with E-state index in [2.05, 4.69) is 5.32 Å². The zero-order valence-electron chi connectivity index (χ0n) is 12.5. The maximum absolute atomic E-state index is 12.2. The smallest absolute Gasteiger partial charge is 0.222 e. The minimum atomic E-state index is 0.365. The van der Waals surface area contributed by atoms with E-state index >= 15 is 0 Å². The van der Waals surface area contributed by atoms with Gasteiger partial charge in [0.2, 0.25) is 5.91 Å². The summed E-state index contributed by atoms with van der Waals surface area (Å²) in [5.74, 6) is 1.90. The van der Waals surface area contributed by atoms with Crippen LogP contribution in [0, 0.1) is 11.8 Å². The molecule has 19 heavy (non-hydrogen) atoms. The molecule has 2 fully saturated rings. The van der Waals surface area contributed by atoms with Crippen molar-refractivity contribution < 1.29 is 4.79 Å². The molecule has 0 aromatic rings. The lowest BCUT2D eigenvalue weighted by Gasteiger charge is -2.28. The van der Waals surface area contributed by atoms with E-state index in [-0.39, 0.29) is 0 Å². The topological polar surface area (TPSA) is 32.3 Å². The third kappa shape index (κ3) is 5.13. The van der Waals surface area contributed by atoms with Crippen molar-refractivity contribution in [3.8, 4) is 0 Å². The van der Waals surface area contributed by atoms with E-state index in [0.717, 1.165) is 38.4 Å². The van der Waals surface area contributed by atoms with Crippen LogP contribution >= 0.6 is 0 Å². The summed E-state index contributed by atoms with van der Waals surface area (Å²) >= 11 is 0. The van der Waals surface area contributed by atoms with Crippen LogP contribution in [0.1, 0.15) is 57.8 Å². The second-order valence-corrected chi connectivity index (χ2v) is 6.51. The van der Waals surface area contributed by atoms with Gasteiger partial charge in [0, 0.05) is 20.0 Å². The molecule has 0 aromatic heterocycles. The summed E-state index contributed by atoms with van der Waals surface area (Å²) in [7, 11) is 1.99. The van der Waals surface area contributed by atoms with Gasteiger partial charge in [-0.25, -0.2) is 0 Å². The van der Waals surface area contributed by atoms with Crippen LogP contribution in [0.3, 0.4) is 0 Å². The third-order valence-corrected chi connectivity index (χ3v) is 4.91. The van der Waals surface area contributed by atoms with Crippen molar-refractivity contribution in [3.05, 3.63) is 0 Å². The molecular weight excluding hydrogens is 236 g/mol. The summed E-state index contributed by atoms with van der Waals surface area (Å²) in [6, 6.07) is 0. The lowest BCUT2D eigenvalue weighted by molar-refractivity contribution is -0.130. The highest BCUT2D eigenvalue weighted by Crippen LogP contribution is 2.27. The molecule has 0 spiro atoms. The quantitative estimate of drug-likeness (QED) is 0.830. The third-order valence-electron chi connectivity index (χ3n) is 4.91. The number of nitrogens with zero attached hydrogens (tertiary/aromatic N) is 1. The normalized spacial score (nSPS) is 22.4. The molecule has 2 rings (SSSR count). The maximum Gasteiger partial charge on any atom is 0.222 e. The standard InChI is InChI=1S/C16H30N2O/c1-18(13-15-9-11-17-12-10-15)16(19)8-7-14-5-3-2-4-6-14/h14-15,17H,2-13H2,1H3. The zero-order chi connectivity index (χ0) is 13.5. The Morgan fingerprint density at radius 3 is 2.42 bits per heavy atom. The van der Waals surface area contributed by atoms with Crippen LogP contribution in [0.15, 0.2) is 0 Å². The van der Waals surface area contributed by atoms with Gasteiger partial charge in [-0.2, -0.15) is 0 Å². The second-order valence-electron chi connectivity index (χ2n) is 6.51. The van der Waals surface area contributed by atoms with Gasteiger partial charge in [0.1, 0.15) is 0 Å². The fraction of sp³-hybridized carbons (Fsp3) is 0.938. The summed E-state index contributed by atoms with van der Waals surface area (Å²) in [6.45, 7) is 3.20. The fourth-order valence-corrected chi connectivity index (χ4v) is 3.55. The highest BCUT2D eigenvalue weighted by Gasteiger charge is 2.19. The molecule has 3 nitrogen and oxygen atoms in total. The molecule has 2 aliphatic rings. The Morgan fingerprint density at radius 2 is 1.74 bits per heavy atom. The van der Waals surface area contributed by atoms with Crippen molar-refractivity contribution in [1.82, 2.24) is 10.2 Å². The Bertz CT molecular complexity index is 268. The SMILES string of the molecule is CN(CC1CCNCC1)C(=O)CCC1CCCCC1. The molecule has 1 aliphatic carbocycles. The molecule has 1 saturated carbocycles. The van der Waals surface area contributed by atoms with Crippen LogP contribution in [0.25, 0.3) is 0 Å². The highest BCUT2D eigenvalue weighted by atomic mass is 16.2. The summed E-state index contributed by atoms with van der Waals surface area (Å²) in [6.07, 6.45) is 11.2. The van der Waals surface area contributed by atoms with E-state index in [0.29, 0.717) is 11.8 Å². The molecule has 0 unspecified atom stereocenters. The minimum Gasteiger partial charge on any atom is -0.345 e. The Kier molecular flexibility index (Phi) is 6.15. The largest absolute Gasteiger partial charge is 0.345 e. The van der Waals surface area contributed by atoms with Gasteiger partial charge in [0.15, 0.2) is 0 Å². The number of hydrogen-bond donors (Lipinski definition) is 1. The fourth-order valence-electron chi connectivity index (χ4n) is 3.55. The van der Waals surface area contributed by atoms with Crippen molar-refractivity contribution in [1.29, 1.82) is 0 Å². The molecule has 0 aromatic carbocycles. The molecule has 0 bridgehead atoms. The Labute approximate surface area is 118 Å². The first-order valence-electron chi connectivity index (χ1n) is 8.20. The summed E-state index contributed by atoms with van der Waals surface area (Å²) in [5.41, 5.74) is 0. The molecule has 1 aliphatic heterocycles. The van der Waals surface area contributed by atoms with Crippen LogP contribution in [-0.2, 0) is 4.79 Å². The lowest BCUT2D eigenvalue weighted by Crippen LogP contribution is -2.37. The van der Waals surface area contributed by atoms with Crippen molar-refractivity contribution in [2.45, 2.75) is 57.8 Å². The van der Waals surface area contributed by atoms with Crippen molar-refractivity contribution in [2.24, 2.45) is 11.8 Å². The van der Waals surface area contributed by atoms with E-state index in [1.54, 1.807) is 0 Å². The predicted octanol–water partition coefficient (Wildman–Crippen LogP) is 2.80. The molecule has 1 N–H and O–H groups in total. The van der Waals surface area contributed by atoms with Crippen molar-refractivity contribution in [3.63, 3.8) is 0 Å². The van der Waals surface area contributed by atoms with E-state index < -0.39 is 0 Å². The minimum absolute atomic E-state index is 0.365. The molecular formula is C16H30N2O. The van der Waals surface area contributed by atoms with Crippen LogP contribution < -0.4 is 5.32 Å². The lowest BCUT2D eigenvalue weighted by atomic mass is 9.86. The first-order chi connectivity index (χ1) is 9.25. The van der Waals surface area contributed by atoms with Crippen LogP contribution in [0.2, 0.25) is 0 Å². The van der Waals surface area contributed by atoms with E-state index in [1.807, 2.05) is 11.9 Å². The van der Waals surface area contributed by atoms with E-state index in [4.69, 9.17) is 0 Å². The van der Waals surface area contributed by atoms with Gasteiger partial charge in [-0.15, -0.1) is 0 Å². The Hall–Kier alpha value is -0.570. The van der Waals surface area contributed by atoms with E-state index in [9.17, 15) is 4.79 Å². The van der Waals surface area contributed by atoms with Gasteiger partial charge >= 0.3 is 0 Å². The number of carbonyl (C=O) groups excluding carboxylic acids is 1. The molecule has 0 radical (unpaired) electrons. The Balaban J connectivity index is 1.63. The number of rotatable bonds is 5.